The van der Waals surface area contributed by atoms with E-state index >= 15 is 0 Å². The fourth-order valence-corrected chi connectivity index (χ4v) is 4.40. The van der Waals surface area contributed by atoms with E-state index in [4.69, 9.17) is 30.8 Å². The van der Waals surface area contributed by atoms with Crippen LogP contribution in [0.25, 0.3) is 5.57 Å². The van der Waals surface area contributed by atoms with Gasteiger partial charge in [-0.25, -0.2) is 14.6 Å². The van der Waals surface area contributed by atoms with Crippen LogP contribution in [-0.4, -0.2) is 62.1 Å². The molecule has 0 atom stereocenters. The van der Waals surface area contributed by atoms with E-state index < -0.39 is 17.7 Å². The summed E-state index contributed by atoms with van der Waals surface area (Å²) >= 11 is 7.39. The standard InChI is InChI=1S/C24H30ClN3O5S/c1-5-32-21(29)20-19(27-22(34-20)28-12-14-31-15-13-28)18(16-6-8-17(25)9-7-16)10-11-26-23(30)33-24(2,3)4/h6-10H,5,11-15H2,1-4H3,(H,26,30)/b18-10+. The third kappa shape index (κ3) is 7.19. The molecule has 0 bridgehead atoms. The van der Waals surface area contributed by atoms with Crippen molar-refractivity contribution in [3.8, 4) is 0 Å². The number of thiazole rings is 1. The summed E-state index contributed by atoms with van der Waals surface area (Å²) < 4.78 is 16.1. The van der Waals surface area contributed by atoms with Crippen molar-refractivity contribution in [2.24, 2.45) is 0 Å². The number of halogens is 1. The zero-order valence-corrected chi connectivity index (χ0v) is 21.4. The molecule has 1 saturated heterocycles. The molecule has 0 unspecified atom stereocenters. The van der Waals surface area contributed by atoms with Gasteiger partial charge in [-0.1, -0.05) is 41.1 Å². The molecule has 0 spiro atoms. The minimum absolute atomic E-state index is 0.180. The molecule has 1 N–H and O–H groups in total. The van der Waals surface area contributed by atoms with Crippen LogP contribution in [0.4, 0.5) is 9.93 Å². The highest BCUT2D eigenvalue weighted by Crippen LogP contribution is 2.35. The molecule has 3 rings (SSSR count). The number of hydrogen-bond donors (Lipinski definition) is 1. The molecule has 1 amide bonds. The number of benzene rings is 1. The molecule has 2 aromatic rings. The zero-order valence-electron chi connectivity index (χ0n) is 19.9. The molecule has 0 saturated carbocycles. The van der Waals surface area contributed by atoms with Gasteiger partial charge in [0.05, 0.1) is 25.5 Å². The first-order valence-corrected chi connectivity index (χ1v) is 12.3. The first-order chi connectivity index (χ1) is 16.2. The van der Waals surface area contributed by atoms with Crippen molar-refractivity contribution in [2.75, 3.05) is 44.4 Å². The lowest BCUT2D eigenvalue weighted by Crippen LogP contribution is -2.36. The lowest BCUT2D eigenvalue weighted by Gasteiger charge is -2.26. The second kappa shape index (κ2) is 11.7. The molecule has 1 aliphatic rings. The second-order valence-corrected chi connectivity index (χ2v) is 9.92. The molecular weight excluding hydrogens is 478 g/mol. The van der Waals surface area contributed by atoms with E-state index in [1.165, 1.54) is 11.3 Å². The van der Waals surface area contributed by atoms with Crippen molar-refractivity contribution < 1.29 is 23.8 Å². The van der Waals surface area contributed by atoms with Crippen molar-refractivity contribution in [1.29, 1.82) is 0 Å². The number of nitrogens with one attached hydrogen (secondary N) is 1. The number of nitrogens with zero attached hydrogens (tertiary/aromatic N) is 2. The average molecular weight is 508 g/mol. The Hall–Kier alpha value is -2.62. The monoisotopic (exact) mass is 507 g/mol. The molecule has 1 fully saturated rings. The van der Waals surface area contributed by atoms with Gasteiger partial charge in [-0.2, -0.15) is 0 Å². The topological polar surface area (TPSA) is 90.0 Å². The number of amides is 1. The van der Waals surface area contributed by atoms with Crippen LogP contribution < -0.4 is 10.2 Å². The Morgan fingerprint density at radius 3 is 2.53 bits per heavy atom. The summed E-state index contributed by atoms with van der Waals surface area (Å²) in [7, 11) is 0. The minimum Gasteiger partial charge on any atom is -0.462 e. The van der Waals surface area contributed by atoms with Crippen LogP contribution in [0, 0.1) is 0 Å². The van der Waals surface area contributed by atoms with Gasteiger partial charge in [0.25, 0.3) is 0 Å². The van der Waals surface area contributed by atoms with Gasteiger partial charge < -0.3 is 24.4 Å². The third-order valence-electron chi connectivity index (χ3n) is 4.72. The van der Waals surface area contributed by atoms with Crippen LogP contribution in [-0.2, 0) is 14.2 Å². The number of carbonyl (C=O) groups is 2. The number of esters is 1. The summed E-state index contributed by atoms with van der Waals surface area (Å²) in [6.07, 6.45) is 1.28. The number of morpholine rings is 1. The summed E-state index contributed by atoms with van der Waals surface area (Å²) in [6, 6.07) is 7.24. The highest BCUT2D eigenvalue weighted by Gasteiger charge is 2.26. The molecule has 184 valence electrons. The van der Waals surface area contributed by atoms with Gasteiger partial charge in [-0.15, -0.1) is 0 Å². The Balaban J connectivity index is 1.99. The van der Waals surface area contributed by atoms with Gasteiger partial charge >= 0.3 is 12.1 Å². The summed E-state index contributed by atoms with van der Waals surface area (Å²) in [5.41, 5.74) is 1.39. The Morgan fingerprint density at radius 2 is 1.91 bits per heavy atom. The van der Waals surface area contributed by atoms with E-state index in [0.717, 1.165) is 10.7 Å². The Morgan fingerprint density at radius 1 is 1.24 bits per heavy atom. The highest BCUT2D eigenvalue weighted by atomic mass is 35.5. The van der Waals surface area contributed by atoms with E-state index in [9.17, 15) is 9.59 Å². The van der Waals surface area contributed by atoms with E-state index in [0.29, 0.717) is 47.5 Å². The van der Waals surface area contributed by atoms with Crippen LogP contribution in [0.15, 0.2) is 30.3 Å². The minimum atomic E-state index is -0.605. The lowest BCUT2D eigenvalue weighted by molar-refractivity contribution is 0.0521. The number of aromatic nitrogens is 1. The number of alkyl carbamates (subject to hydrolysis) is 1. The second-order valence-electron chi connectivity index (χ2n) is 8.50. The van der Waals surface area contributed by atoms with Gasteiger partial charge in [0.15, 0.2) is 5.13 Å². The number of carbonyl (C=O) groups excluding carboxylic acids is 2. The van der Waals surface area contributed by atoms with E-state index in [1.807, 2.05) is 18.2 Å². The molecule has 1 aromatic carbocycles. The summed E-state index contributed by atoms with van der Waals surface area (Å²) in [4.78, 5) is 32.3. The van der Waals surface area contributed by atoms with Crippen molar-refractivity contribution >= 4 is 45.7 Å². The summed E-state index contributed by atoms with van der Waals surface area (Å²) in [5.74, 6) is -0.436. The first-order valence-electron chi connectivity index (χ1n) is 11.1. The van der Waals surface area contributed by atoms with E-state index in [1.54, 1.807) is 39.8 Å². The average Bonchev–Trinajstić information content (AvgIpc) is 3.22. The Labute approximate surface area is 208 Å². The first kappa shape index (κ1) is 26.0. The van der Waals surface area contributed by atoms with Crippen molar-refractivity contribution in [1.82, 2.24) is 10.3 Å². The maximum absolute atomic E-state index is 12.9. The van der Waals surface area contributed by atoms with Crippen LogP contribution in [0.3, 0.4) is 0 Å². The zero-order chi connectivity index (χ0) is 24.7. The molecule has 1 aliphatic heterocycles. The lowest BCUT2D eigenvalue weighted by atomic mass is 10.0. The van der Waals surface area contributed by atoms with Crippen LogP contribution in [0.2, 0.25) is 5.02 Å². The maximum atomic E-state index is 12.9. The van der Waals surface area contributed by atoms with E-state index in [-0.39, 0.29) is 13.2 Å². The number of ether oxygens (including phenoxy) is 3. The van der Waals surface area contributed by atoms with Crippen LogP contribution >= 0.6 is 22.9 Å². The highest BCUT2D eigenvalue weighted by molar-refractivity contribution is 7.17. The molecule has 8 nitrogen and oxygen atoms in total. The summed E-state index contributed by atoms with van der Waals surface area (Å²) in [5, 5.41) is 4.05. The van der Waals surface area contributed by atoms with Crippen molar-refractivity contribution in [3.63, 3.8) is 0 Å². The van der Waals surface area contributed by atoms with Crippen molar-refractivity contribution in [3.05, 3.63) is 51.5 Å². The molecule has 2 heterocycles. The molecule has 0 radical (unpaired) electrons. The SMILES string of the molecule is CCOC(=O)c1sc(N2CCOCC2)nc1/C(=C/CNC(=O)OC(C)(C)C)c1ccc(Cl)cc1. The molecular formula is C24H30ClN3O5S. The quantitative estimate of drug-likeness (QED) is 0.540. The normalized spacial score (nSPS) is 14.6. The van der Waals surface area contributed by atoms with E-state index in [2.05, 4.69) is 10.2 Å². The largest absolute Gasteiger partial charge is 0.462 e. The fourth-order valence-electron chi connectivity index (χ4n) is 3.25. The molecule has 34 heavy (non-hydrogen) atoms. The maximum Gasteiger partial charge on any atom is 0.407 e. The number of hydrogen-bond acceptors (Lipinski definition) is 8. The third-order valence-corrected chi connectivity index (χ3v) is 6.07. The number of anilines is 1. The predicted molar refractivity (Wildman–Crippen MR) is 134 cm³/mol. The van der Waals surface area contributed by atoms with Crippen LogP contribution in [0.5, 0.6) is 0 Å². The molecule has 0 aliphatic carbocycles. The Bertz CT molecular complexity index is 1020. The smallest absolute Gasteiger partial charge is 0.407 e. The molecule has 10 heteroatoms. The summed E-state index contributed by atoms with van der Waals surface area (Å²) in [6.45, 7) is 10.2. The Kier molecular flexibility index (Phi) is 8.93. The van der Waals surface area contributed by atoms with Gasteiger partial charge in [0, 0.05) is 30.2 Å². The van der Waals surface area contributed by atoms with Crippen LogP contribution in [0.1, 0.15) is 48.6 Å². The fraction of sp³-hybridized carbons (Fsp3) is 0.458. The predicted octanol–water partition coefficient (Wildman–Crippen LogP) is 4.77. The number of rotatable bonds is 7. The van der Waals surface area contributed by atoms with Gasteiger partial charge in [-0.05, 0) is 45.4 Å². The van der Waals surface area contributed by atoms with Gasteiger partial charge in [0.2, 0.25) is 0 Å². The molecule has 1 aromatic heterocycles. The van der Waals surface area contributed by atoms with Crippen molar-refractivity contribution in [2.45, 2.75) is 33.3 Å². The van der Waals surface area contributed by atoms with Gasteiger partial charge in [-0.3, -0.25) is 0 Å². The van der Waals surface area contributed by atoms with Gasteiger partial charge in [0.1, 0.15) is 10.5 Å².